The monoisotopic (exact) mass is 382 g/mol. The summed E-state index contributed by atoms with van der Waals surface area (Å²) in [5.74, 6) is 1.14. The minimum absolute atomic E-state index is 0.201. The lowest BCUT2D eigenvalue weighted by molar-refractivity contribution is 0.0977. The smallest absolute Gasteiger partial charge is 0.257 e. The molecule has 3 aromatic carbocycles. The van der Waals surface area contributed by atoms with Crippen molar-refractivity contribution in [3.8, 4) is 11.5 Å². The quantitative estimate of drug-likeness (QED) is 0.604. The molecule has 0 aliphatic rings. The molecule has 0 saturated heterocycles. The summed E-state index contributed by atoms with van der Waals surface area (Å²) in [7, 11) is 0. The fourth-order valence-corrected chi connectivity index (χ4v) is 2.60. The Hall–Kier alpha value is -2.89. The molecule has 0 aromatic heterocycles. The van der Waals surface area contributed by atoms with Crippen LogP contribution in [0, 0.1) is 0 Å². The van der Waals surface area contributed by atoms with Crippen molar-refractivity contribution in [3.63, 3.8) is 0 Å². The molecular formula is C20H15ClN2O2S. The number of nitrogens with one attached hydrogen (secondary N) is 2. The lowest BCUT2D eigenvalue weighted by atomic mass is 10.2. The highest BCUT2D eigenvalue weighted by atomic mass is 35.5. The predicted molar refractivity (Wildman–Crippen MR) is 108 cm³/mol. The number of anilines is 1. The van der Waals surface area contributed by atoms with Crippen molar-refractivity contribution >= 4 is 40.5 Å². The van der Waals surface area contributed by atoms with Crippen LogP contribution in [0.25, 0.3) is 0 Å². The number of thiocarbonyl (C=S) groups is 1. The van der Waals surface area contributed by atoms with Crippen LogP contribution in [0.3, 0.4) is 0 Å². The zero-order valence-corrected chi connectivity index (χ0v) is 15.2. The SMILES string of the molecule is O=C(NC(=S)Nc1ccc(Oc2ccccc2)cc1)c1cccc(Cl)c1. The van der Waals surface area contributed by atoms with Gasteiger partial charge in [-0.15, -0.1) is 0 Å². The van der Waals surface area contributed by atoms with Crippen LogP contribution in [0.15, 0.2) is 78.9 Å². The van der Waals surface area contributed by atoms with E-state index < -0.39 is 0 Å². The highest BCUT2D eigenvalue weighted by molar-refractivity contribution is 7.80. The third kappa shape index (κ3) is 5.05. The maximum Gasteiger partial charge on any atom is 0.257 e. The van der Waals surface area contributed by atoms with Gasteiger partial charge in [-0.2, -0.15) is 0 Å². The van der Waals surface area contributed by atoms with E-state index in [1.807, 2.05) is 54.6 Å². The molecule has 4 nitrogen and oxygen atoms in total. The fraction of sp³-hybridized carbons (Fsp3) is 0. The molecule has 6 heteroatoms. The fourth-order valence-electron chi connectivity index (χ4n) is 2.20. The minimum atomic E-state index is -0.325. The number of halogens is 1. The number of para-hydroxylation sites is 1. The molecule has 2 N–H and O–H groups in total. The average Bonchev–Trinajstić information content (AvgIpc) is 2.64. The van der Waals surface area contributed by atoms with Gasteiger partial charge >= 0.3 is 0 Å². The Labute approximate surface area is 161 Å². The minimum Gasteiger partial charge on any atom is -0.457 e. The average molecular weight is 383 g/mol. The van der Waals surface area contributed by atoms with E-state index in [9.17, 15) is 4.79 Å². The molecule has 3 aromatic rings. The summed E-state index contributed by atoms with van der Waals surface area (Å²) < 4.78 is 5.73. The van der Waals surface area contributed by atoms with E-state index >= 15 is 0 Å². The Morgan fingerprint density at radius 3 is 2.27 bits per heavy atom. The van der Waals surface area contributed by atoms with Gasteiger partial charge in [0, 0.05) is 16.3 Å². The van der Waals surface area contributed by atoms with E-state index in [4.69, 9.17) is 28.6 Å². The van der Waals surface area contributed by atoms with E-state index in [2.05, 4.69) is 10.6 Å². The van der Waals surface area contributed by atoms with Gasteiger partial charge in [0.1, 0.15) is 11.5 Å². The zero-order chi connectivity index (χ0) is 18.4. The molecule has 0 spiro atoms. The standard InChI is InChI=1S/C20H15ClN2O2S/c21-15-6-4-5-14(13-15)19(24)23-20(26)22-16-9-11-18(12-10-16)25-17-7-2-1-3-8-17/h1-13H,(H2,22,23,24,26). The van der Waals surface area contributed by atoms with Crippen LogP contribution in [0.5, 0.6) is 11.5 Å². The zero-order valence-electron chi connectivity index (χ0n) is 13.6. The molecule has 26 heavy (non-hydrogen) atoms. The lowest BCUT2D eigenvalue weighted by Crippen LogP contribution is -2.34. The number of hydrogen-bond acceptors (Lipinski definition) is 3. The van der Waals surface area contributed by atoms with Crippen molar-refractivity contribution < 1.29 is 9.53 Å². The van der Waals surface area contributed by atoms with Crippen molar-refractivity contribution in [2.24, 2.45) is 0 Å². The van der Waals surface area contributed by atoms with Crippen molar-refractivity contribution in [1.82, 2.24) is 5.32 Å². The largest absolute Gasteiger partial charge is 0.457 e. The van der Waals surface area contributed by atoms with Crippen LogP contribution >= 0.6 is 23.8 Å². The molecule has 0 aliphatic heterocycles. The molecule has 0 saturated carbocycles. The molecule has 0 bridgehead atoms. The molecule has 130 valence electrons. The van der Waals surface area contributed by atoms with Gasteiger partial charge in [0.05, 0.1) is 0 Å². The Kier molecular flexibility index (Phi) is 5.84. The number of ether oxygens (including phenoxy) is 1. The van der Waals surface area contributed by atoms with Gasteiger partial charge in [-0.3, -0.25) is 10.1 Å². The summed E-state index contributed by atoms with van der Waals surface area (Å²) in [5.41, 5.74) is 1.18. The van der Waals surface area contributed by atoms with Crippen molar-refractivity contribution in [3.05, 3.63) is 89.4 Å². The van der Waals surface area contributed by atoms with E-state index in [0.717, 1.165) is 11.4 Å². The van der Waals surface area contributed by atoms with Crippen molar-refractivity contribution in [2.75, 3.05) is 5.32 Å². The number of amides is 1. The van der Waals surface area contributed by atoms with Gasteiger partial charge in [0.2, 0.25) is 0 Å². The van der Waals surface area contributed by atoms with Crippen LogP contribution in [-0.4, -0.2) is 11.0 Å². The Morgan fingerprint density at radius 2 is 1.58 bits per heavy atom. The Morgan fingerprint density at radius 1 is 0.885 bits per heavy atom. The van der Waals surface area contributed by atoms with E-state index in [1.54, 1.807) is 24.3 Å². The topological polar surface area (TPSA) is 50.4 Å². The number of rotatable bonds is 4. The van der Waals surface area contributed by atoms with Gasteiger partial charge in [-0.1, -0.05) is 35.9 Å². The normalized spacial score (nSPS) is 10.0. The van der Waals surface area contributed by atoms with Crippen LogP contribution in [-0.2, 0) is 0 Å². The number of carbonyl (C=O) groups excluding carboxylic acids is 1. The highest BCUT2D eigenvalue weighted by Crippen LogP contribution is 2.22. The Balaban J connectivity index is 1.56. The summed E-state index contributed by atoms with van der Waals surface area (Å²) in [6.45, 7) is 0. The second-order valence-electron chi connectivity index (χ2n) is 5.36. The summed E-state index contributed by atoms with van der Waals surface area (Å²) in [5, 5.41) is 6.27. The van der Waals surface area contributed by atoms with Gasteiger partial charge in [-0.25, -0.2) is 0 Å². The predicted octanol–water partition coefficient (Wildman–Crippen LogP) is 5.26. The number of hydrogen-bond donors (Lipinski definition) is 2. The lowest BCUT2D eigenvalue weighted by Gasteiger charge is -2.11. The molecular weight excluding hydrogens is 368 g/mol. The maximum absolute atomic E-state index is 12.1. The first-order valence-electron chi connectivity index (χ1n) is 7.81. The number of benzene rings is 3. The van der Waals surface area contributed by atoms with E-state index in [1.165, 1.54) is 0 Å². The summed E-state index contributed by atoms with van der Waals surface area (Å²) in [6.07, 6.45) is 0. The van der Waals surface area contributed by atoms with Crippen LogP contribution in [0.4, 0.5) is 5.69 Å². The van der Waals surface area contributed by atoms with Crippen LogP contribution in [0.2, 0.25) is 5.02 Å². The second-order valence-corrected chi connectivity index (χ2v) is 6.20. The third-order valence-electron chi connectivity index (χ3n) is 3.40. The first kappa shape index (κ1) is 17.9. The molecule has 0 fully saturated rings. The van der Waals surface area contributed by atoms with E-state index in [0.29, 0.717) is 16.3 Å². The molecule has 0 radical (unpaired) electrons. The molecule has 3 rings (SSSR count). The molecule has 0 heterocycles. The van der Waals surface area contributed by atoms with Gasteiger partial charge < -0.3 is 10.1 Å². The molecule has 0 unspecified atom stereocenters. The molecule has 0 aliphatic carbocycles. The first-order chi connectivity index (χ1) is 12.6. The molecule has 0 atom stereocenters. The number of carbonyl (C=O) groups is 1. The van der Waals surface area contributed by atoms with Gasteiger partial charge in [0.15, 0.2) is 5.11 Å². The first-order valence-corrected chi connectivity index (χ1v) is 8.60. The highest BCUT2D eigenvalue weighted by Gasteiger charge is 2.08. The maximum atomic E-state index is 12.1. The van der Waals surface area contributed by atoms with Crippen molar-refractivity contribution in [1.29, 1.82) is 0 Å². The van der Waals surface area contributed by atoms with Gasteiger partial charge in [-0.05, 0) is 66.8 Å². The second kappa shape index (κ2) is 8.47. The van der Waals surface area contributed by atoms with Crippen LogP contribution < -0.4 is 15.4 Å². The summed E-state index contributed by atoms with van der Waals surface area (Å²) >= 11 is 11.1. The van der Waals surface area contributed by atoms with Gasteiger partial charge in [0.25, 0.3) is 5.91 Å². The summed E-state index contributed by atoms with van der Waals surface area (Å²) in [4.78, 5) is 12.1. The summed E-state index contributed by atoms with van der Waals surface area (Å²) in [6, 6.07) is 23.4. The van der Waals surface area contributed by atoms with E-state index in [-0.39, 0.29) is 11.0 Å². The Bertz CT molecular complexity index is 915. The molecule has 1 amide bonds. The third-order valence-corrected chi connectivity index (χ3v) is 3.84. The van der Waals surface area contributed by atoms with Crippen molar-refractivity contribution in [2.45, 2.75) is 0 Å². The van der Waals surface area contributed by atoms with Crippen LogP contribution in [0.1, 0.15) is 10.4 Å².